The number of carboxylic acids is 2. The van der Waals surface area contributed by atoms with Gasteiger partial charge in [-0.2, -0.15) is 0 Å². The lowest BCUT2D eigenvalue weighted by atomic mass is 9.40. The topological polar surface area (TPSA) is 74.6 Å². The van der Waals surface area contributed by atoms with Gasteiger partial charge in [0, 0.05) is 11.0 Å². The van der Waals surface area contributed by atoms with Crippen LogP contribution in [0.3, 0.4) is 0 Å². The number of aromatic carboxylic acids is 2. The maximum atomic E-state index is 11.6. The molecule has 2 atom stereocenters. The third-order valence-corrected chi connectivity index (χ3v) is 6.59. The highest BCUT2D eigenvalue weighted by Crippen LogP contribution is 2.69. The molecular weight excluding hydrogens is 328 g/mol. The van der Waals surface area contributed by atoms with Crippen LogP contribution in [0.1, 0.15) is 78.7 Å². The summed E-state index contributed by atoms with van der Waals surface area (Å²) in [5.74, 6) is 5.06. The Balaban J connectivity index is 1.72. The summed E-state index contributed by atoms with van der Waals surface area (Å²) in [5.41, 5.74) is 1.04. The van der Waals surface area contributed by atoms with E-state index in [2.05, 4.69) is 25.7 Å². The normalized spacial score (nSPS) is 37.1. The smallest absolute Gasteiger partial charge is 0.336 e. The Morgan fingerprint density at radius 3 is 2.19 bits per heavy atom. The maximum absolute atomic E-state index is 11.6. The van der Waals surface area contributed by atoms with Crippen LogP contribution in [0.4, 0.5) is 0 Å². The maximum Gasteiger partial charge on any atom is 0.336 e. The van der Waals surface area contributed by atoms with Gasteiger partial charge in [-0.15, -0.1) is 0 Å². The Bertz CT molecular complexity index is 854. The Hall–Kier alpha value is -2.28. The largest absolute Gasteiger partial charge is 0.478 e. The summed E-state index contributed by atoms with van der Waals surface area (Å²) < 4.78 is 0. The lowest BCUT2D eigenvalue weighted by Gasteiger charge is -2.64. The lowest BCUT2D eigenvalue weighted by Crippen LogP contribution is -2.54. The van der Waals surface area contributed by atoms with Crippen LogP contribution in [-0.2, 0) is 0 Å². The van der Waals surface area contributed by atoms with Crippen LogP contribution in [0.2, 0.25) is 0 Å². The van der Waals surface area contributed by atoms with E-state index in [1.807, 2.05) is 0 Å². The summed E-state index contributed by atoms with van der Waals surface area (Å²) in [4.78, 5) is 22.7. The van der Waals surface area contributed by atoms with Gasteiger partial charge in [-0.05, 0) is 73.5 Å². The minimum Gasteiger partial charge on any atom is -0.478 e. The quantitative estimate of drug-likeness (QED) is 0.772. The highest BCUT2D eigenvalue weighted by atomic mass is 16.4. The molecule has 0 heterocycles. The van der Waals surface area contributed by atoms with Crippen LogP contribution >= 0.6 is 0 Å². The second-order valence-electron chi connectivity index (χ2n) is 9.53. The molecule has 4 bridgehead atoms. The zero-order chi connectivity index (χ0) is 18.7. The molecule has 1 aromatic carbocycles. The van der Waals surface area contributed by atoms with Crippen LogP contribution in [0, 0.1) is 34.0 Å². The van der Waals surface area contributed by atoms with Gasteiger partial charge < -0.3 is 10.2 Å². The van der Waals surface area contributed by atoms with Crippen molar-refractivity contribution in [2.75, 3.05) is 0 Å². The number of hydrogen-bond donors (Lipinski definition) is 2. The molecule has 0 spiro atoms. The van der Waals surface area contributed by atoms with Crippen LogP contribution < -0.4 is 0 Å². The molecule has 2 unspecified atom stereocenters. The molecule has 4 aliphatic carbocycles. The standard InChI is InChI=1S/C22H24O4/c1-20-8-14-9-21(2,11-20)13-22(10-14,12-20)6-5-15-3-4-16(18(23)24)7-17(15)19(25)26/h3-4,7,14H,8-13H2,1-2H3,(H,23,24)(H,25,26). The van der Waals surface area contributed by atoms with Crippen molar-refractivity contribution >= 4 is 11.9 Å². The first kappa shape index (κ1) is 17.1. The number of carboxylic acid groups (broad SMARTS) is 2. The van der Waals surface area contributed by atoms with Gasteiger partial charge in [0.2, 0.25) is 0 Å². The summed E-state index contributed by atoms with van der Waals surface area (Å²) in [5, 5.41) is 18.5. The van der Waals surface area contributed by atoms with Crippen LogP contribution in [0.25, 0.3) is 0 Å². The zero-order valence-corrected chi connectivity index (χ0v) is 15.3. The molecule has 4 saturated carbocycles. The average molecular weight is 352 g/mol. The summed E-state index contributed by atoms with van der Waals surface area (Å²) in [6, 6.07) is 4.17. The van der Waals surface area contributed by atoms with Crippen molar-refractivity contribution in [3.8, 4) is 11.8 Å². The van der Waals surface area contributed by atoms with Crippen LogP contribution in [0.15, 0.2) is 18.2 Å². The minimum atomic E-state index is -1.14. The second-order valence-corrected chi connectivity index (χ2v) is 9.53. The summed E-state index contributed by atoms with van der Waals surface area (Å²) in [7, 11) is 0. The number of benzene rings is 1. The van der Waals surface area contributed by atoms with Crippen molar-refractivity contribution in [2.45, 2.75) is 52.4 Å². The van der Waals surface area contributed by atoms with Gasteiger partial charge >= 0.3 is 11.9 Å². The van der Waals surface area contributed by atoms with Crippen molar-refractivity contribution in [3.63, 3.8) is 0 Å². The molecule has 0 radical (unpaired) electrons. The third-order valence-electron chi connectivity index (χ3n) is 6.59. The van der Waals surface area contributed by atoms with Crippen molar-refractivity contribution in [3.05, 3.63) is 34.9 Å². The zero-order valence-electron chi connectivity index (χ0n) is 15.3. The van der Waals surface area contributed by atoms with E-state index < -0.39 is 11.9 Å². The lowest BCUT2D eigenvalue weighted by molar-refractivity contribution is -0.120. The molecule has 0 aliphatic heterocycles. The van der Waals surface area contributed by atoms with Gasteiger partial charge in [-0.25, -0.2) is 9.59 Å². The molecule has 136 valence electrons. The van der Waals surface area contributed by atoms with Crippen LogP contribution in [-0.4, -0.2) is 22.2 Å². The Kier molecular flexibility index (Phi) is 3.54. The highest BCUT2D eigenvalue weighted by Gasteiger charge is 2.59. The Morgan fingerprint density at radius 1 is 1.00 bits per heavy atom. The molecule has 0 amide bonds. The average Bonchev–Trinajstić information content (AvgIpc) is 2.49. The molecule has 0 saturated heterocycles. The van der Waals surface area contributed by atoms with Gasteiger partial charge in [0.05, 0.1) is 11.1 Å². The van der Waals surface area contributed by atoms with Crippen LogP contribution in [0.5, 0.6) is 0 Å². The van der Waals surface area contributed by atoms with Gasteiger partial charge in [-0.3, -0.25) is 0 Å². The predicted octanol–water partition coefficient (Wildman–Crippen LogP) is 4.43. The first-order chi connectivity index (χ1) is 12.1. The second kappa shape index (κ2) is 5.36. The van der Waals surface area contributed by atoms with E-state index in [0.29, 0.717) is 16.4 Å². The molecule has 1 aromatic rings. The van der Waals surface area contributed by atoms with Crippen molar-refractivity contribution < 1.29 is 19.8 Å². The molecule has 4 aliphatic rings. The van der Waals surface area contributed by atoms with E-state index in [4.69, 9.17) is 5.11 Å². The SMILES string of the molecule is CC12CC3CC(C)(C1)CC(C#Cc1ccc(C(=O)O)cc1C(=O)O)(C3)C2. The Morgan fingerprint density at radius 2 is 1.65 bits per heavy atom. The molecule has 5 rings (SSSR count). The van der Waals surface area contributed by atoms with E-state index >= 15 is 0 Å². The van der Waals surface area contributed by atoms with E-state index in [1.165, 1.54) is 37.5 Å². The predicted molar refractivity (Wildman–Crippen MR) is 97.1 cm³/mol. The van der Waals surface area contributed by atoms with Crippen molar-refractivity contribution in [1.82, 2.24) is 0 Å². The molecule has 2 N–H and O–H groups in total. The molecule has 4 heteroatoms. The first-order valence-corrected chi connectivity index (χ1v) is 9.25. The molecular formula is C22H24O4. The highest BCUT2D eigenvalue weighted by molar-refractivity contribution is 5.95. The summed E-state index contributed by atoms with van der Waals surface area (Å²) in [6.45, 7) is 4.77. The van der Waals surface area contributed by atoms with Gasteiger partial charge in [0.1, 0.15) is 0 Å². The van der Waals surface area contributed by atoms with E-state index in [1.54, 1.807) is 0 Å². The molecule has 4 nitrogen and oxygen atoms in total. The van der Waals surface area contributed by atoms with Crippen molar-refractivity contribution in [1.29, 1.82) is 0 Å². The third kappa shape index (κ3) is 2.80. The van der Waals surface area contributed by atoms with E-state index in [0.717, 1.165) is 25.2 Å². The number of rotatable bonds is 2. The molecule has 0 aromatic heterocycles. The summed E-state index contributed by atoms with van der Waals surface area (Å²) >= 11 is 0. The van der Waals surface area contributed by atoms with Gasteiger partial charge in [0.25, 0.3) is 0 Å². The molecule has 26 heavy (non-hydrogen) atoms. The first-order valence-electron chi connectivity index (χ1n) is 9.25. The van der Waals surface area contributed by atoms with E-state index in [-0.39, 0.29) is 16.5 Å². The molecule has 4 fully saturated rings. The summed E-state index contributed by atoms with van der Waals surface area (Å²) in [6.07, 6.45) is 7.15. The fourth-order valence-corrected chi connectivity index (χ4v) is 6.75. The van der Waals surface area contributed by atoms with E-state index in [9.17, 15) is 14.7 Å². The fourth-order valence-electron chi connectivity index (χ4n) is 6.75. The van der Waals surface area contributed by atoms with Gasteiger partial charge in [-0.1, -0.05) is 25.7 Å². The van der Waals surface area contributed by atoms with Crippen molar-refractivity contribution in [2.24, 2.45) is 22.2 Å². The van der Waals surface area contributed by atoms with Gasteiger partial charge in [0.15, 0.2) is 0 Å². The fraction of sp³-hybridized carbons (Fsp3) is 0.545. The number of carbonyl (C=O) groups is 2. The number of hydrogen-bond acceptors (Lipinski definition) is 2. The minimum absolute atomic E-state index is 0.0237. The monoisotopic (exact) mass is 352 g/mol. The Labute approximate surface area is 153 Å².